The van der Waals surface area contributed by atoms with E-state index < -0.39 is 22.8 Å². The van der Waals surface area contributed by atoms with Crippen molar-refractivity contribution in [3.63, 3.8) is 0 Å². The van der Waals surface area contributed by atoms with Crippen molar-refractivity contribution in [1.82, 2.24) is 4.98 Å². The number of aromatic nitrogens is 1. The highest BCUT2D eigenvalue weighted by Gasteiger charge is 2.50. The number of carboxylic acids is 1. The Morgan fingerprint density at radius 3 is 2.35 bits per heavy atom. The molecular weight excluding hydrogens is 352 g/mol. The maximum Gasteiger partial charge on any atom is 0.331 e. The molecule has 1 atom stereocenters. The number of hydrogen-bond acceptors (Lipinski definition) is 4. The third-order valence-electron chi connectivity index (χ3n) is 4.85. The fourth-order valence-corrected chi connectivity index (χ4v) is 4.48. The van der Waals surface area contributed by atoms with Crippen LogP contribution < -0.4 is 4.31 Å². The fraction of sp³-hybridized carbons (Fsp3) is 0.158. The molecule has 0 saturated carbocycles. The van der Waals surface area contributed by atoms with Gasteiger partial charge in [-0.3, -0.25) is 13.5 Å². The van der Waals surface area contributed by atoms with Crippen LogP contribution in [0.2, 0.25) is 0 Å². The van der Waals surface area contributed by atoms with Crippen molar-refractivity contribution >= 4 is 33.8 Å². The Labute approximate surface area is 152 Å². The summed E-state index contributed by atoms with van der Waals surface area (Å²) in [7, 11) is 0. The van der Waals surface area contributed by atoms with Gasteiger partial charge in [-0.1, -0.05) is 42.5 Å². The molecule has 0 spiro atoms. The van der Waals surface area contributed by atoms with Crippen molar-refractivity contribution in [3.05, 3.63) is 71.9 Å². The van der Waals surface area contributed by atoms with E-state index in [4.69, 9.17) is 0 Å². The number of para-hydroxylation sites is 1. The van der Waals surface area contributed by atoms with E-state index in [1.807, 2.05) is 36.4 Å². The van der Waals surface area contributed by atoms with Gasteiger partial charge in [-0.2, -0.15) is 0 Å². The van der Waals surface area contributed by atoms with Gasteiger partial charge in [0.1, 0.15) is 0 Å². The van der Waals surface area contributed by atoms with Crippen LogP contribution in [-0.2, 0) is 28.9 Å². The first kappa shape index (κ1) is 16.7. The van der Waals surface area contributed by atoms with Gasteiger partial charge >= 0.3 is 5.97 Å². The van der Waals surface area contributed by atoms with Gasteiger partial charge in [0.05, 0.1) is 11.2 Å². The summed E-state index contributed by atoms with van der Waals surface area (Å²) in [6.45, 7) is 0. The molecule has 0 bridgehead atoms. The Morgan fingerprint density at radius 2 is 1.73 bits per heavy atom. The van der Waals surface area contributed by atoms with Crippen LogP contribution in [0.1, 0.15) is 11.1 Å². The SMILES string of the molecule is O=C(O)C1(N(c2cccc3cccnc23)S(=O)[O-])Cc2ccccc2C1. The molecule has 0 fully saturated rings. The normalized spacial score (nSPS) is 16.2. The summed E-state index contributed by atoms with van der Waals surface area (Å²) in [4.78, 5) is 16.6. The molecule has 132 valence electrons. The third kappa shape index (κ3) is 2.48. The molecule has 0 aliphatic heterocycles. The molecule has 6 nitrogen and oxygen atoms in total. The van der Waals surface area contributed by atoms with Crippen LogP contribution in [0.3, 0.4) is 0 Å². The molecule has 26 heavy (non-hydrogen) atoms. The van der Waals surface area contributed by atoms with Gasteiger partial charge in [0.25, 0.3) is 0 Å². The Hall–Kier alpha value is -2.77. The van der Waals surface area contributed by atoms with Crippen molar-refractivity contribution in [2.24, 2.45) is 0 Å². The van der Waals surface area contributed by atoms with Crippen molar-refractivity contribution in [3.8, 4) is 0 Å². The van der Waals surface area contributed by atoms with Crippen LogP contribution in [0, 0.1) is 0 Å². The van der Waals surface area contributed by atoms with Crippen LogP contribution in [0.5, 0.6) is 0 Å². The molecule has 1 aliphatic carbocycles. The molecule has 0 radical (unpaired) electrons. The first-order valence-electron chi connectivity index (χ1n) is 8.06. The number of carbonyl (C=O) groups is 1. The zero-order valence-corrected chi connectivity index (χ0v) is 14.5. The average molecular weight is 367 g/mol. The van der Waals surface area contributed by atoms with E-state index in [1.165, 1.54) is 0 Å². The van der Waals surface area contributed by atoms with Gasteiger partial charge in [-0.15, -0.1) is 0 Å². The summed E-state index contributed by atoms with van der Waals surface area (Å²) >= 11 is -2.79. The molecule has 7 heteroatoms. The van der Waals surface area contributed by atoms with Gasteiger partial charge in [-0.05, 0) is 23.3 Å². The Morgan fingerprint density at radius 1 is 1.08 bits per heavy atom. The van der Waals surface area contributed by atoms with Crippen LogP contribution in [0.25, 0.3) is 10.9 Å². The molecule has 0 saturated heterocycles. The largest absolute Gasteiger partial charge is 0.755 e. The summed E-state index contributed by atoms with van der Waals surface area (Å²) in [5, 5.41) is 10.8. The van der Waals surface area contributed by atoms with Crippen LogP contribution >= 0.6 is 0 Å². The van der Waals surface area contributed by atoms with E-state index in [0.717, 1.165) is 20.8 Å². The Balaban J connectivity index is 1.93. The number of rotatable bonds is 4. The number of fused-ring (bicyclic) bond motifs is 2. The summed E-state index contributed by atoms with van der Waals surface area (Å²) in [5.74, 6) is -1.18. The molecule has 1 aliphatic rings. The topological polar surface area (TPSA) is 93.6 Å². The number of pyridine rings is 1. The summed E-state index contributed by atoms with van der Waals surface area (Å²) in [5.41, 5.74) is 0.807. The second-order valence-electron chi connectivity index (χ2n) is 6.32. The molecule has 1 aromatic heterocycles. The van der Waals surface area contributed by atoms with Gasteiger partial charge in [-0.25, -0.2) is 4.79 Å². The molecule has 0 amide bonds. The first-order chi connectivity index (χ1) is 12.5. The minimum absolute atomic E-state index is 0.107. The summed E-state index contributed by atoms with van der Waals surface area (Å²) in [6, 6.07) is 16.0. The van der Waals surface area contributed by atoms with Crippen molar-refractivity contribution in [2.45, 2.75) is 18.4 Å². The lowest BCUT2D eigenvalue weighted by atomic mass is 9.94. The zero-order chi connectivity index (χ0) is 18.3. The summed E-state index contributed by atoms with van der Waals surface area (Å²) in [6.07, 6.45) is 1.78. The second-order valence-corrected chi connectivity index (χ2v) is 7.12. The Bertz CT molecular complexity index is 1010. The average Bonchev–Trinajstić information content (AvgIpc) is 3.02. The van der Waals surface area contributed by atoms with Gasteiger partial charge in [0.2, 0.25) is 0 Å². The lowest BCUT2D eigenvalue weighted by Gasteiger charge is -2.40. The van der Waals surface area contributed by atoms with E-state index >= 15 is 0 Å². The van der Waals surface area contributed by atoms with Crippen molar-refractivity contribution in [1.29, 1.82) is 0 Å². The van der Waals surface area contributed by atoms with E-state index in [0.29, 0.717) is 5.52 Å². The lowest BCUT2D eigenvalue weighted by Crippen LogP contribution is -2.56. The number of hydrogen-bond donors (Lipinski definition) is 1. The van der Waals surface area contributed by atoms with E-state index in [9.17, 15) is 18.7 Å². The third-order valence-corrected chi connectivity index (χ3v) is 5.69. The number of benzene rings is 2. The number of carboxylic acid groups (broad SMARTS) is 1. The number of nitrogens with zero attached hydrogens (tertiary/aromatic N) is 2. The van der Waals surface area contributed by atoms with Crippen LogP contribution in [0.4, 0.5) is 5.69 Å². The van der Waals surface area contributed by atoms with Crippen LogP contribution in [0.15, 0.2) is 60.8 Å². The minimum Gasteiger partial charge on any atom is -0.755 e. The predicted molar refractivity (Wildman–Crippen MR) is 97.4 cm³/mol. The highest BCUT2D eigenvalue weighted by molar-refractivity contribution is 7.80. The second kappa shape index (κ2) is 6.19. The standard InChI is InChI=1S/C19H16N2O4S/c22-18(23)19(11-14-5-1-2-6-15(14)12-19)21(26(24)25)16-9-3-7-13-8-4-10-20-17(13)16/h1-10H,11-12H2,(H,22,23)(H,24,25)/p-1. The van der Waals surface area contributed by atoms with Gasteiger partial charge < -0.3 is 9.66 Å². The molecule has 1 N–H and O–H groups in total. The van der Waals surface area contributed by atoms with Crippen molar-refractivity contribution in [2.75, 3.05) is 4.31 Å². The summed E-state index contributed by atoms with van der Waals surface area (Å²) < 4.78 is 25.4. The number of aliphatic carboxylic acids is 1. The molecular formula is C19H15N2O4S-. The predicted octanol–water partition coefficient (Wildman–Crippen LogP) is 2.46. The quantitative estimate of drug-likeness (QED) is 0.715. The molecule has 3 aromatic rings. The molecule has 4 rings (SSSR count). The first-order valence-corrected chi connectivity index (χ1v) is 9.10. The highest BCUT2D eigenvalue weighted by atomic mass is 32.2. The van der Waals surface area contributed by atoms with Crippen LogP contribution in [-0.4, -0.2) is 30.4 Å². The zero-order valence-electron chi connectivity index (χ0n) is 13.7. The van der Waals surface area contributed by atoms with E-state index in [1.54, 1.807) is 24.4 Å². The highest BCUT2D eigenvalue weighted by Crippen LogP contribution is 2.40. The van der Waals surface area contributed by atoms with Gasteiger partial charge in [0.15, 0.2) is 5.54 Å². The minimum atomic E-state index is -2.79. The van der Waals surface area contributed by atoms with E-state index in [-0.39, 0.29) is 18.5 Å². The Kier molecular flexibility index (Phi) is 3.97. The fourth-order valence-electron chi connectivity index (χ4n) is 3.68. The van der Waals surface area contributed by atoms with Gasteiger partial charge in [0, 0.05) is 35.7 Å². The lowest BCUT2D eigenvalue weighted by molar-refractivity contribution is -0.142. The monoisotopic (exact) mass is 367 g/mol. The molecule has 1 heterocycles. The smallest absolute Gasteiger partial charge is 0.331 e. The van der Waals surface area contributed by atoms with E-state index in [2.05, 4.69) is 4.98 Å². The molecule has 2 aromatic carbocycles. The molecule has 1 unspecified atom stereocenters. The number of anilines is 1. The maximum atomic E-state index is 12.3. The van der Waals surface area contributed by atoms with Crippen molar-refractivity contribution < 1.29 is 18.7 Å². The maximum absolute atomic E-state index is 12.3.